The molecule has 1 heterocycles. The maximum Gasteiger partial charge on any atom is 0.282 e. The van der Waals surface area contributed by atoms with Gasteiger partial charge in [0, 0.05) is 31.9 Å². The summed E-state index contributed by atoms with van der Waals surface area (Å²) in [4.78, 5) is 0. The normalized spacial score (nSPS) is 16.9. The number of para-hydroxylation sites is 1. The Morgan fingerprint density at radius 2 is 1.90 bits per heavy atom. The Balaban J connectivity index is 2.20. The van der Waals surface area contributed by atoms with Crippen molar-refractivity contribution in [3.63, 3.8) is 0 Å². The lowest BCUT2D eigenvalue weighted by molar-refractivity contribution is 0.355. The Hall–Kier alpha value is -1.11. The molecule has 0 aliphatic carbocycles. The largest absolute Gasteiger partial charge is 0.398 e. The predicted molar refractivity (Wildman–Crippen MR) is 81.3 cm³/mol. The van der Waals surface area contributed by atoms with E-state index >= 15 is 0 Å². The number of nitrogens with two attached hydrogens (primary N) is 1. The van der Waals surface area contributed by atoms with Gasteiger partial charge in [0.15, 0.2) is 0 Å². The van der Waals surface area contributed by atoms with Crippen LogP contribution in [0, 0.1) is 0 Å². The van der Waals surface area contributed by atoms with Crippen molar-refractivity contribution >= 4 is 15.9 Å². The average Bonchev–Trinajstić information content (AvgIpc) is 2.95. The first kappa shape index (κ1) is 15.3. The third kappa shape index (κ3) is 3.31. The first-order valence-electron chi connectivity index (χ1n) is 7.14. The minimum absolute atomic E-state index is 0.347. The second kappa shape index (κ2) is 6.56. The predicted octanol–water partition coefficient (Wildman–Crippen LogP) is 1.82. The van der Waals surface area contributed by atoms with Gasteiger partial charge >= 0.3 is 0 Å². The molecular formula is C14H23N3O2S. The van der Waals surface area contributed by atoms with Crippen molar-refractivity contribution in [3.8, 4) is 0 Å². The molecule has 0 unspecified atom stereocenters. The summed E-state index contributed by atoms with van der Waals surface area (Å²) in [6.07, 6.45) is 2.69. The van der Waals surface area contributed by atoms with E-state index in [-0.39, 0.29) is 0 Å². The Kier molecular flexibility index (Phi) is 5.01. The zero-order valence-electron chi connectivity index (χ0n) is 12.0. The molecule has 1 aromatic rings. The van der Waals surface area contributed by atoms with Crippen LogP contribution in [-0.4, -0.2) is 36.7 Å². The lowest BCUT2D eigenvalue weighted by atomic mass is 10.2. The highest BCUT2D eigenvalue weighted by atomic mass is 32.2. The van der Waals surface area contributed by atoms with Gasteiger partial charge in [0.2, 0.25) is 0 Å². The van der Waals surface area contributed by atoms with Crippen LogP contribution >= 0.6 is 0 Å². The van der Waals surface area contributed by atoms with Crippen LogP contribution < -0.4 is 5.73 Å². The molecule has 1 fully saturated rings. The maximum atomic E-state index is 12.6. The van der Waals surface area contributed by atoms with Crippen LogP contribution in [0.25, 0.3) is 0 Å². The summed E-state index contributed by atoms with van der Waals surface area (Å²) in [5.41, 5.74) is 7.43. The van der Waals surface area contributed by atoms with Crippen molar-refractivity contribution in [1.29, 1.82) is 0 Å². The van der Waals surface area contributed by atoms with Gasteiger partial charge in [-0.05, 0) is 30.9 Å². The summed E-state index contributed by atoms with van der Waals surface area (Å²) in [6, 6.07) is 7.44. The van der Waals surface area contributed by atoms with E-state index in [2.05, 4.69) is 0 Å². The van der Waals surface area contributed by atoms with Crippen LogP contribution in [-0.2, 0) is 16.8 Å². The van der Waals surface area contributed by atoms with Gasteiger partial charge in [-0.15, -0.1) is 0 Å². The van der Waals surface area contributed by atoms with E-state index in [4.69, 9.17) is 5.73 Å². The van der Waals surface area contributed by atoms with E-state index in [0.29, 0.717) is 31.9 Å². The molecule has 0 aromatic heterocycles. The molecule has 0 spiro atoms. The van der Waals surface area contributed by atoms with Crippen LogP contribution in [0.4, 0.5) is 5.69 Å². The molecular weight excluding hydrogens is 274 g/mol. The fourth-order valence-electron chi connectivity index (χ4n) is 2.48. The van der Waals surface area contributed by atoms with Gasteiger partial charge in [-0.3, -0.25) is 0 Å². The highest BCUT2D eigenvalue weighted by Crippen LogP contribution is 2.21. The van der Waals surface area contributed by atoms with Gasteiger partial charge in [-0.2, -0.15) is 17.0 Å². The van der Waals surface area contributed by atoms with Gasteiger partial charge in [0.25, 0.3) is 10.2 Å². The number of anilines is 1. The number of hydrogen-bond acceptors (Lipinski definition) is 3. The standard InChI is InChI=1S/C14H23N3O2S/c1-2-9-17(12-13-7-3-4-8-14(13)15)20(18,19)16-10-5-6-11-16/h3-4,7-8H,2,5-6,9-12,15H2,1H3. The van der Waals surface area contributed by atoms with E-state index < -0.39 is 10.2 Å². The third-order valence-electron chi connectivity index (χ3n) is 3.59. The molecule has 6 heteroatoms. The topological polar surface area (TPSA) is 66.6 Å². The quantitative estimate of drug-likeness (QED) is 0.815. The molecule has 0 bridgehead atoms. The van der Waals surface area contributed by atoms with Crippen LogP contribution in [0.15, 0.2) is 24.3 Å². The second-order valence-corrected chi connectivity index (χ2v) is 7.07. The molecule has 1 saturated heterocycles. The molecule has 1 aromatic carbocycles. The average molecular weight is 297 g/mol. The zero-order valence-corrected chi connectivity index (χ0v) is 12.8. The number of hydrogen-bond donors (Lipinski definition) is 1. The van der Waals surface area contributed by atoms with Crippen molar-refractivity contribution < 1.29 is 8.42 Å². The molecule has 1 aliphatic heterocycles. The summed E-state index contributed by atoms with van der Waals surface area (Å²) in [7, 11) is -3.37. The van der Waals surface area contributed by atoms with Gasteiger partial charge in [-0.1, -0.05) is 25.1 Å². The Morgan fingerprint density at radius 3 is 2.50 bits per heavy atom. The third-order valence-corrected chi connectivity index (χ3v) is 5.57. The van der Waals surface area contributed by atoms with Crippen LogP contribution in [0.2, 0.25) is 0 Å². The SMILES string of the molecule is CCCN(Cc1ccccc1N)S(=O)(=O)N1CCCC1. The fraction of sp³-hybridized carbons (Fsp3) is 0.571. The highest BCUT2D eigenvalue weighted by Gasteiger charge is 2.31. The summed E-state index contributed by atoms with van der Waals surface area (Å²) in [5, 5.41) is 0. The summed E-state index contributed by atoms with van der Waals surface area (Å²) < 4.78 is 28.4. The van der Waals surface area contributed by atoms with Gasteiger partial charge < -0.3 is 5.73 Å². The molecule has 0 amide bonds. The summed E-state index contributed by atoms with van der Waals surface area (Å²) in [6.45, 7) is 4.12. The smallest absolute Gasteiger partial charge is 0.282 e. The zero-order chi connectivity index (χ0) is 14.6. The van der Waals surface area contributed by atoms with Gasteiger partial charge in [0.05, 0.1) is 0 Å². The van der Waals surface area contributed by atoms with Gasteiger partial charge in [-0.25, -0.2) is 0 Å². The molecule has 0 radical (unpaired) electrons. The highest BCUT2D eigenvalue weighted by molar-refractivity contribution is 7.86. The number of rotatable bonds is 6. The first-order chi connectivity index (χ1) is 9.55. The van der Waals surface area contributed by atoms with Crippen LogP contribution in [0.1, 0.15) is 31.7 Å². The molecule has 112 valence electrons. The fourth-order valence-corrected chi connectivity index (χ4v) is 4.24. The van der Waals surface area contributed by atoms with E-state index in [1.54, 1.807) is 8.61 Å². The van der Waals surface area contributed by atoms with Crippen molar-refractivity contribution in [2.24, 2.45) is 0 Å². The first-order valence-corrected chi connectivity index (χ1v) is 8.54. The van der Waals surface area contributed by atoms with Crippen molar-refractivity contribution in [2.75, 3.05) is 25.4 Å². The van der Waals surface area contributed by atoms with Crippen molar-refractivity contribution in [1.82, 2.24) is 8.61 Å². The molecule has 2 rings (SSSR count). The number of nitrogen functional groups attached to an aromatic ring is 1. The lowest BCUT2D eigenvalue weighted by Crippen LogP contribution is -2.42. The molecule has 20 heavy (non-hydrogen) atoms. The van der Waals surface area contributed by atoms with E-state index in [9.17, 15) is 8.42 Å². The van der Waals surface area contributed by atoms with E-state index in [1.165, 1.54) is 0 Å². The minimum Gasteiger partial charge on any atom is -0.398 e. The van der Waals surface area contributed by atoms with Gasteiger partial charge in [0.1, 0.15) is 0 Å². The Morgan fingerprint density at radius 1 is 1.25 bits per heavy atom. The van der Waals surface area contributed by atoms with Crippen LogP contribution in [0.5, 0.6) is 0 Å². The van der Waals surface area contributed by atoms with Crippen molar-refractivity contribution in [3.05, 3.63) is 29.8 Å². The summed E-state index contributed by atoms with van der Waals surface area (Å²) >= 11 is 0. The monoisotopic (exact) mass is 297 g/mol. The number of nitrogens with zero attached hydrogens (tertiary/aromatic N) is 2. The maximum absolute atomic E-state index is 12.6. The van der Waals surface area contributed by atoms with Crippen molar-refractivity contribution in [2.45, 2.75) is 32.7 Å². The lowest BCUT2D eigenvalue weighted by Gasteiger charge is -2.27. The number of benzene rings is 1. The minimum atomic E-state index is -3.37. The van der Waals surface area contributed by atoms with E-state index in [0.717, 1.165) is 24.8 Å². The molecule has 5 nitrogen and oxygen atoms in total. The summed E-state index contributed by atoms with van der Waals surface area (Å²) in [5.74, 6) is 0. The molecule has 1 aliphatic rings. The molecule has 0 atom stereocenters. The van der Waals surface area contributed by atoms with E-state index in [1.807, 2.05) is 31.2 Å². The molecule has 0 saturated carbocycles. The Bertz CT molecular complexity index is 539. The molecule has 2 N–H and O–H groups in total. The van der Waals surface area contributed by atoms with Crippen LogP contribution in [0.3, 0.4) is 0 Å². The second-order valence-electron chi connectivity index (χ2n) is 5.15. The Labute approximate surface area is 121 Å².